The molecule has 1 aromatic heterocycles. The van der Waals surface area contributed by atoms with E-state index in [1.54, 1.807) is 13.0 Å². The number of nitrogens with one attached hydrogen (secondary N) is 2. The monoisotopic (exact) mass is 496 g/mol. The number of hydrogen-bond donors (Lipinski definition) is 3. The number of β-amino-alcohol motifs (C(OH)–C–C–N with tert-alkyl or cyclic N) is 1. The van der Waals surface area contributed by atoms with E-state index < -0.39 is 5.60 Å². The molecule has 0 atom stereocenters. The van der Waals surface area contributed by atoms with E-state index in [-0.39, 0.29) is 18.0 Å². The third-order valence-electron chi connectivity index (χ3n) is 6.66. The minimum Gasteiger partial charge on any atom is -0.496 e. The van der Waals surface area contributed by atoms with Gasteiger partial charge < -0.3 is 29.9 Å². The lowest BCUT2D eigenvalue weighted by Crippen LogP contribution is -2.44. The minimum absolute atomic E-state index is 0.0426. The van der Waals surface area contributed by atoms with E-state index in [1.807, 2.05) is 45.2 Å². The van der Waals surface area contributed by atoms with Crippen molar-refractivity contribution in [3.63, 3.8) is 0 Å². The predicted octanol–water partition coefficient (Wildman–Crippen LogP) is 3.01. The number of carbonyl (C=O) groups is 1. The van der Waals surface area contributed by atoms with E-state index in [4.69, 9.17) is 4.74 Å². The molecule has 1 saturated heterocycles. The molecule has 1 amide bonds. The molecule has 0 radical (unpaired) electrons. The molecule has 1 aromatic rings. The Morgan fingerprint density at radius 3 is 2.61 bits per heavy atom. The summed E-state index contributed by atoms with van der Waals surface area (Å²) < 4.78 is 5.35. The summed E-state index contributed by atoms with van der Waals surface area (Å²) in [5, 5.41) is 13.0. The third-order valence-corrected chi connectivity index (χ3v) is 6.66. The van der Waals surface area contributed by atoms with Gasteiger partial charge in [-0.3, -0.25) is 9.59 Å². The van der Waals surface area contributed by atoms with Crippen molar-refractivity contribution < 1.29 is 14.6 Å². The smallest absolute Gasteiger partial charge is 0.256 e. The van der Waals surface area contributed by atoms with E-state index in [2.05, 4.69) is 26.7 Å². The van der Waals surface area contributed by atoms with E-state index >= 15 is 0 Å². The highest BCUT2D eigenvalue weighted by Gasteiger charge is 2.26. The van der Waals surface area contributed by atoms with Gasteiger partial charge in [-0.2, -0.15) is 0 Å². The van der Waals surface area contributed by atoms with Crippen LogP contribution in [0.3, 0.4) is 0 Å². The van der Waals surface area contributed by atoms with Crippen LogP contribution in [0, 0.1) is 12.8 Å². The maximum Gasteiger partial charge on any atom is 0.256 e. The van der Waals surface area contributed by atoms with E-state index in [1.165, 1.54) is 7.11 Å². The normalized spacial score (nSPS) is 19.6. The third kappa shape index (κ3) is 7.21. The second-order valence-electron chi connectivity index (χ2n) is 10.4. The van der Waals surface area contributed by atoms with Crippen molar-refractivity contribution in [1.82, 2.24) is 20.1 Å². The maximum absolute atomic E-state index is 13.4. The largest absolute Gasteiger partial charge is 0.496 e. The van der Waals surface area contributed by atoms with Gasteiger partial charge in [0.25, 0.3) is 11.5 Å². The number of aliphatic hydroxyl groups is 1. The standard InChI is InChI=1S/C28H40N4O4/c1-19-9-7-8-12-32(17-22-10-13-31(14-11-22)18-28(4,5)35)21(3)25(19)27(34)29-16-23-24(36-6)15-20(2)30-26(23)33/h7-9,12,15,22,35H,1,10-11,13-14,16-18H2,2-6H3,(H,29,34)(H,30,33)/b9-7-,12-8-,25-21?. The number of allylic oxidation sites excluding steroid dienone is 4. The summed E-state index contributed by atoms with van der Waals surface area (Å²) in [7, 11) is 1.51. The van der Waals surface area contributed by atoms with Crippen molar-refractivity contribution in [2.75, 3.05) is 33.3 Å². The Balaban J connectivity index is 1.74. The summed E-state index contributed by atoms with van der Waals surface area (Å²) in [6.45, 7) is 14.9. The fraction of sp³-hybridized carbons (Fsp3) is 0.500. The van der Waals surface area contributed by atoms with Crippen LogP contribution in [0.4, 0.5) is 0 Å². The average molecular weight is 497 g/mol. The SMILES string of the molecule is C=C1/C=C\C=C/N(CC2CCN(CC(C)(C)O)CC2)C(C)=C1C(=O)NCc1c(OC)cc(C)[nH]c1=O. The summed E-state index contributed by atoms with van der Waals surface area (Å²) in [5.74, 6) is 0.627. The van der Waals surface area contributed by atoms with Crippen LogP contribution >= 0.6 is 0 Å². The zero-order valence-corrected chi connectivity index (χ0v) is 22.2. The van der Waals surface area contributed by atoms with Crippen LogP contribution in [0.1, 0.15) is 44.9 Å². The molecule has 1 fully saturated rings. The van der Waals surface area contributed by atoms with Gasteiger partial charge in [-0.05, 0) is 77.3 Å². The van der Waals surface area contributed by atoms with E-state index in [0.717, 1.165) is 38.2 Å². The molecule has 8 nitrogen and oxygen atoms in total. The van der Waals surface area contributed by atoms with Crippen molar-refractivity contribution in [3.05, 3.63) is 75.5 Å². The number of amides is 1. The average Bonchev–Trinajstić information content (AvgIpc) is 2.79. The molecular formula is C28H40N4O4. The number of aryl methyl sites for hydroxylation is 1. The molecule has 3 N–H and O–H groups in total. The van der Waals surface area contributed by atoms with Gasteiger partial charge in [0.2, 0.25) is 0 Å². The fourth-order valence-corrected chi connectivity index (χ4v) is 4.85. The van der Waals surface area contributed by atoms with Gasteiger partial charge in [0, 0.05) is 30.7 Å². The molecule has 0 spiro atoms. The Labute approximate surface area is 214 Å². The van der Waals surface area contributed by atoms with E-state index in [0.29, 0.717) is 40.6 Å². The van der Waals surface area contributed by atoms with E-state index in [9.17, 15) is 14.7 Å². The lowest BCUT2D eigenvalue weighted by molar-refractivity contribution is -0.117. The number of rotatable bonds is 8. The first kappa shape index (κ1) is 27.5. The summed E-state index contributed by atoms with van der Waals surface area (Å²) >= 11 is 0. The first-order chi connectivity index (χ1) is 17.0. The van der Waals surface area contributed by atoms with Gasteiger partial charge >= 0.3 is 0 Å². The Hall–Kier alpha value is -3.10. The number of ether oxygens (including phenoxy) is 1. The highest BCUT2D eigenvalue weighted by atomic mass is 16.5. The second kappa shape index (κ2) is 11.8. The number of pyridine rings is 1. The molecular weight excluding hydrogens is 456 g/mol. The Kier molecular flexibility index (Phi) is 8.98. The van der Waals surface area contributed by atoms with Gasteiger partial charge in [0.15, 0.2) is 0 Å². The number of aromatic nitrogens is 1. The molecule has 36 heavy (non-hydrogen) atoms. The molecule has 0 bridgehead atoms. The summed E-state index contributed by atoms with van der Waals surface area (Å²) in [6.07, 6.45) is 9.73. The maximum atomic E-state index is 13.4. The molecule has 3 rings (SSSR count). The van der Waals surface area contributed by atoms with Gasteiger partial charge in [0.1, 0.15) is 5.75 Å². The number of carbonyl (C=O) groups excluding carboxylic acids is 1. The molecule has 3 heterocycles. The Morgan fingerprint density at radius 1 is 1.28 bits per heavy atom. The van der Waals surface area contributed by atoms with Crippen molar-refractivity contribution in [2.45, 2.75) is 52.7 Å². The molecule has 196 valence electrons. The fourth-order valence-electron chi connectivity index (χ4n) is 4.85. The highest BCUT2D eigenvalue weighted by molar-refractivity contribution is 5.99. The molecule has 0 saturated carbocycles. The highest BCUT2D eigenvalue weighted by Crippen LogP contribution is 2.26. The van der Waals surface area contributed by atoms with Crippen LogP contribution in [0.5, 0.6) is 5.75 Å². The zero-order valence-electron chi connectivity index (χ0n) is 22.2. The summed E-state index contributed by atoms with van der Waals surface area (Å²) in [6, 6.07) is 1.74. The minimum atomic E-state index is -0.694. The molecule has 2 aliphatic rings. The quantitative estimate of drug-likeness (QED) is 0.512. The number of likely N-dealkylation sites (tertiary alicyclic amines) is 1. The molecule has 2 aliphatic heterocycles. The first-order valence-electron chi connectivity index (χ1n) is 12.5. The first-order valence-corrected chi connectivity index (χ1v) is 12.5. The van der Waals surface area contributed by atoms with Crippen LogP contribution in [-0.2, 0) is 11.3 Å². The summed E-state index contributed by atoms with van der Waals surface area (Å²) in [4.78, 5) is 33.0. The Bertz CT molecular complexity index is 1120. The number of nitrogens with zero attached hydrogens (tertiary/aromatic N) is 2. The lowest BCUT2D eigenvalue weighted by atomic mass is 9.94. The topological polar surface area (TPSA) is 97.9 Å². The van der Waals surface area contributed by atoms with Crippen LogP contribution in [0.25, 0.3) is 0 Å². The van der Waals surface area contributed by atoms with Gasteiger partial charge in [-0.1, -0.05) is 18.7 Å². The van der Waals surface area contributed by atoms with Gasteiger partial charge in [-0.25, -0.2) is 0 Å². The van der Waals surface area contributed by atoms with Crippen molar-refractivity contribution >= 4 is 5.91 Å². The van der Waals surface area contributed by atoms with Crippen molar-refractivity contribution in [2.24, 2.45) is 5.92 Å². The zero-order chi connectivity index (χ0) is 26.5. The van der Waals surface area contributed by atoms with Crippen molar-refractivity contribution in [3.8, 4) is 5.75 Å². The Morgan fingerprint density at radius 2 is 1.97 bits per heavy atom. The second-order valence-corrected chi connectivity index (χ2v) is 10.4. The molecule has 8 heteroatoms. The van der Waals surface area contributed by atoms with Crippen molar-refractivity contribution in [1.29, 1.82) is 0 Å². The number of H-pyrrole nitrogens is 1. The number of methoxy groups -OCH3 is 1. The van der Waals surface area contributed by atoms with Crippen LogP contribution < -0.4 is 15.6 Å². The van der Waals surface area contributed by atoms with Crippen LogP contribution in [0.2, 0.25) is 0 Å². The number of aromatic amines is 1. The predicted molar refractivity (Wildman–Crippen MR) is 142 cm³/mol. The lowest BCUT2D eigenvalue weighted by Gasteiger charge is -2.37. The molecule has 0 aliphatic carbocycles. The van der Waals surface area contributed by atoms with Gasteiger partial charge in [-0.15, -0.1) is 0 Å². The van der Waals surface area contributed by atoms with Gasteiger partial charge in [0.05, 0.1) is 30.4 Å². The van der Waals surface area contributed by atoms with Crippen LogP contribution in [-0.4, -0.2) is 64.7 Å². The number of piperidine rings is 1. The van der Waals surface area contributed by atoms with Crippen LogP contribution in [0.15, 0.2) is 58.7 Å². The summed E-state index contributed by atoms with van der Waals surface area (Å²) in [5.41, 5.74) is 2.02. The number of hydrogen-bond acceptors (Lipinski definition) is 6. The molecule has 0 aromatic carbocycles. The molecule has 0 unspecified atom stereocenters.